The fraction of sp³-hybridized carbons (Fsp3) is 0.222. The number of H-pyrrole nitrogens is 2. The number of aromatic amines is 2. The van der Waals surface area contributed by atoms with Crippen LogP contribution in [0, 0.1) is 0 Å². The Labute approximate surface area is 194 Å². The van der Waals surface area contributed by atoms with Crippen molar-refractivity contribution in [2.45, 2.75) is 6.92 Å². The molecule has 0 spiro atoms. The summed E-state index contributed by atoms with van der Waals surface area (Å²) < 4.78 is 0. The molecule has 2 aromatic heterocycles. The molecule has 4 aromatic rings. The quantitative estimate of drug-likeness (QED) is 0.388. The Balaban J connectivity index is 1.57. The molecule has 33 heavy (non-hydrogen) atoms. The molecule has 6 heteroatoms. The minimum absolute atomic E-state index is 0.641. The van der Waals surface area contributed by atoms with Crippen molar-refractivity contribution in [3.8, 4) is 11.4 Å². The topological polar surface area (TPSA) is 77.0 Å². The van der Waals surface area contributed by atoms with Gasteiger partial charge in [0.1, 0.15) is 5.69 Å². The highest BCUT2D eigenvalue weighted by Gasteiger charge is 2.19. The predicted molar refractivity (Wildman–Crippen MR) is 139 cm³/mol. The van der Waals surface area contributed by atoms with E-state index in [0.717, 1.165) is 65.1 Å². The lowest BCUT2D eigenvalue weighted by Crippen LogP contribution is -2.44. The lowest BCUT2D eigenvalue weighted by Gasteiger charge is -2.34. The number of piperazine rings is 1. The van der Waals surface area contributed by atoms with Gasteiger partial charge in [0.05, 0.1) is 11.2 Å². The van der Waals surface area contributed by atoms with Crippen LogP contribution in [-0.2, 0) is 0 Å². The zero-order valence-electron chi connectivity index (χ0n) is 19.2. The van der Waals surface area contributed by atoms with Crippen LogP contribution < -0.4 is 10.6 Å². The number of fused-ring (bicyclic) bond motifs is 2. The molecular formula is C27H30N6. The lowest BCUT2D eigenvalue weighted by atomic mass is 10.0. The second kappa shape index (κ2) is 8.64. The number of nitrogens with zero attached hydrogens (tertiary/aromatic N) is 3. The van der Waals surface area contributed by atoms with Crippen molar-refractivity contribution in [3.63, 3.8) is 0 Å². The van der Waals surface area contributed by atoms with E-state index in [2.05, 4.69) is 87.1 Å². The van der Waals surface area contributed by atoms with Gasteiger partial charge in [-0.2, -0.15) is 5.10 Å². The van der Waals surface area contributed by atoms with Crippen LogP contribution in [-0.4, -0.2) is 53.3 Å². The first-order chi connectivity index (χ1) is 16.1. The molecule has 3 heterocycles. The van der Waals surface area contributed by atoms with Crippen LogP contribution in [0.15, 0.2) is 73.0 Å². The van der Waals surface area contributed by atoms with Gasteiger partial charge in [-0.1, -0.05) is 24.8 Å². The fourth-order valence-electron chi connectivity index (χ4n) is 4.56. The summed E-state index contributed by atoms with van der Waals surface area (Å²) >= 11 is 0. The second-order valence-electron chi connectivity index (χ2n) is 8.64. The number of aromatic nitrogens is 3. The minimum Gasteiger partial charge on any atom is -0.399 e. The van der Waals surface area contributed by atoms with E-state index in [1.54, 1.807) is 6.08 Å². The third-order valence-electron chi connectivity index (χ3n) is 6.51. The van der Waals surface area contributed by atoms with Gasteiger partial charge in [-0.25, -0.2) is 0 Å². The molecule has 1 aliphatic rings. The molecule has 5 rings (SSSR count). The molecule has 6 nitrogen and oxygen atoms in total. The van der Waals surface area contributed by atoms with Crippen LogP contribution >= 0.6 is 0 Å². The fourth-order valence-corrected chi connectivity index (χ4v) is 4.56. The van der Waals surface area contributed by atoms with Crippen molar-refractivity contribution in [2.75, 3.05) is 38.1 Å². The highest BCUT2D eigenvalue weighted by atomic mass is 15.2. The first-order valence-electron chi connectivity index (χ1n) is 11.4. The maximum Gasteiger partial charge on any atom is 0.116 e. The molecule has 0 amide bonds. The van der Waals surface area contributed by atoms with Crippen molar-refractivity contribution in [1.29, 1.82) is 0 Å². The molecule has 1 fully saturated rings. The monoisotopic (exact) mass is 438 g/mol. The van der Waals surface area contributed by atoms with Crippen molar-refractivity contribution >= 4 is 33.1 Å². The van der Waals surface area contributed by atoms with Crippen LogP contribution in [0.4, 0.5) is 5.69 Å². The largest absolute Gasteiger partial charge is 0.399 e. The van der Waals surface area contributed by atoms with Gasteiger partial charge in [-0.3, -0.25) is 5.10 Å². The van der Waals surface area contributed by atoms with Crippen LogP contribution in [0.1, 0.15) is 12.5 Å². The Hall–Kier alpha value is -3.77. The number of anilines is 1. The van der Waals surface area contributed by atoms with Gasteiger partial charge >= 0.3 is 0 Å². The van der Waals surface area contributed by atoms with Gasteiger partial charge < -0.3 is 20.5 Å². The molecule has 4 N–H and O–H groups in total. The van der Waals surface area contributed by atoms with Gasteiger partial charge in [0.15, 0.2) is 0 Å². The summed E-state index contributed by atoms with van der Waals surface area (Å²) in [6.07, 6.45) is 5.66. The summed E-state index contributed by atoms with van der Waals surface area (Å²) in [6, 6.07) is 15.1. The van der Waals surface area contributed by atoms with E-state index in [1.807, 2.05) is 13.0 Å². The Morgan fingerprint density at radius 1 is 1.06 bits per heavy atom. The summed E-state index contributed by atoms with van der Waals surface area (Å²) in [7, 11) is 2.18. The number of rotatable bonds is 5. The van der Waals surface area contributed by atoms with Gasteiger partial charge in [0, 0.05) is 53.9 Å². The molecule has 0 atom stereocenters. The maximum absolute atomic E-state index is 6.00. The first kappa shape index (κ1) is 21.1. The van der Waals surface area contributed by atoms with Crippen LogP contribution in [0.5, 0.6) is 0 Å². The van der Waals surface area contributed by atoms with E-state index in [9.17, 15) is 0 Å². The average Bonchev–Trinajstić information content (AvgIpc) is 3.46. The van der Waals surface area contributed by atoms with E-state index < -0.39 is 0 Å². The highest BCUT2D eigenvalue weighted by molar-refractivity contribution is 6.00. The maximum atomic E-state index is 6.00. The molecule has 1 saturated heterocycles. The van der Waals surface area contributed by atoms with Crippen molar-refractivity contribution in [1.82, 2.24) is 20.1 Å². The van der Waals surface area contributed by atoms with Gasteiger partial charge in [0.25, 0.3) is 0 Å². The van der Waals surface area contributed by atoms with Crippen molar-refractivity contribution in [3.05, 3.63) is 78.5 Å². The number of nitrogens with two attached hydrogens (primary N) is 1. The SMILES string of the molecule is C=C/C(N)=C\C(=C/C)c1ccc2[nH]nc(-c3cc4c(N5CCN(C)CC5)cccc4[nH]3)c2c1. The Kier molecular flexibility index (Phi) is 5.52. The zero-order valence-corrected chi connectivity index (χ0v) is 19.2. The predicted octanol–water partition coefficient (Wildman–Crippen LogP) is 4.89. The molecule has 2 aromatic carbocycles. The Bertz CT molecular complexity index is 1380. The Morgan fingerprint density at radius 3 is 2.64 bits per heavy atom. The van der Waals surface area contributed by atoms with E-state index in [-0.39, 0.29) is 0 Å². The molecule has 0 bridgehead atoms. The molecule has 1 aliphatic heterocycles. The first-order valence-corrected chi connectivity index (χ1v) is 11.4. The summed E-state index contributed by atoms with van der Waals surface area (Å²) in [5, 5.41) is 10.2. The van der Waals surface area contributed by atoms with Crippen LogP contribution in [0.25, 0.3) is 38.8 Å². The second-order valence-corrected chi connectivity index (χ2v) is 8.64. The highest BCUT2D eigenvalue weighted by Crippen LogP contribution is 2.34. The molecule has 0 unspecified atom stereocenters. The third-order valence-corrected chi connectivity index (χ3v) is 6.51. The third kappa shape index (κ3) is 3.94. The standard InChI is InChI=1S/C27H30N6/c1-4-18(15-20(28)5-2)19-9-10-24-22(16-19)27(31-30-24)25-17-21-23(29-25)7-6-8-26(21)33-13-11-32(3)12-14-33/h4-10,15-17,29H,2,11-14,28H2,1,3H3,(H,30,31)/b18-4+,20-15+. The van der Waals surface area contributed by atoms with Gasteiger partial charge in [0.2, 0.25) is 0 Å². The Morgan fingerprint density at radius 2 is 1.88 bits per heavy atom. The average molecular weight is 439 g/mol. The summed E-state index contributed by atoms with van der Waals surface area (Å²) in [6.45, 7) is 10.0. The van der Waals surface area contributed by atoms with Gasteiger partial charge in [-0.05, 0) is 67.6 Å². The number of allylic oxidation sites excluding steroid dienone is 4. The number of benzene rings is 2. The smallest absolute Gasteiger partial charge is 0.116 e. The summed E-state index contributed by atoms with van der Waals surface area (Å²) in [4.78, 5) is 8.46. The van der Waals surface area contributed by atoms with E-state index in [0.29, 0.717) is 5.70 Å². The number of hydrogen-bond acceptors (Lipinski definition) is 4. The van der Waals surface area contributed by atoms with Crippen molar-refractivity contribution < 1.29 is 0 Å². The summed E-state index contributed by atoms with van der Waals surface area (Å²) in [5.41, 5.74) is 14.1. The number of likely N-dealkylation sites (N-methyl/N-ethyl adjacent to an activating group) is 1. The molecule has 0 radical (unpaired) electrons. The number of hydrogen-bond donors (Lipinski definition) is 3. The molecule has 0 saturated carbocycles. The van der Waals surface area contributed by atoms with Crippen molar-refractivity contribution in [2.24, 2.45) is 5.73 Å². The van der Waals surface area contributed by atoms with Crippen LogP contribution in [0.3, 0.4) is 0 Å². The van der Waals surface area contributed by atoms with Crippen LogP contribution in [0.2, 0.25) is 0 Å². The zero-order chi connectivity index (χ0) is 22.9. The molecule has 168 valence electrons. The minimum atomic E-state index is 0.641. The molecular weight excluding hydrogens is 408 g/mol. The van der Waals surface area contributed by atoms with E-state index >= 15 is 0 Å². The lowest BCUT2D eigenvalue weighted by molar-refractivity contribution is 0.313. The normalized spacial score (nSPS) is 16.1. The van der Waals surface area contributed by atoms with E-state index in [4.69, 9.17) is 5.73 Å². The molecule has 0 aliphatic carbocycles. The number of nitrogens with one attached hydrogen (secondary N) is 2. The van der Waals surface area contributed by atoms with Gasteiger partial charge in [-0.15, -0.1) is 0 Å². The summed E-state index contributed by atoms with van der Waals surface area (Å²) in [5.74, 6) is 0. The van der Waals surface area contributed by atoms with E-state index in [1.165, 1.54) is 11.1 Å².